The molecule has 160 valence electrons. The fourth-order valence-electron chi connectivity index (χ4n) is 3.47. The van der Waals surface area contributed by atoms with Gasteiger partial charge >= 0.3 is 5.97 Å². The number of aromatic nitrogens is 4. The van der Waals surface area contributed by atoms with E-state index in [2.05, 4.69) is 35.2 Å². The molecular formula is C21H34N4O3Si. The van der Waals surface area contributed by atoms with Crippen molar-refractivity contribution in [1.29, 1.82) is 0 Å². The lowest BCUT2D eigenvalue weighted by molar-refractivity contribution is -0.146. The molecule has 0 aliphatic rings. The van der Waals surface area contributed by atoms with E-state index in [-0.39, 0.29) is 12.6 Å². The fraction of sp³-hybridized carbons (Fsp3) is 0.619. The Morgan fingerprint density at radius 1 is 1.21 bits per heavy atom. The molecule has 1 heterocycles. The summed E-state index contributed by atoms with van der Waals surface area (Å²) in [5, 5.41) is 22.2. The number of hydrogen-bond acceptors (Lipinski definition) is 5. The van der Waals surface area contributed by atoms with Gasteiger partial charge in [-0.25, -0.2) is 4.68 Å². The van der Waals surface area contributed by atoms with Crippen LogP contribution in [-0.2, 0) is 22.7 Å². The van der Waals surface area contributed by atoms with Crippen LogP contribution in [0.15, 0.2) is 30.3 Å². The minimum atomic E-state index is -1.19. The number of nitrogens with zero attached hydrogens (tertiary/aromatic N) is 4. The van der Waals surface area contributed by atoms with Gasteiger partial charge in [0.1, 0.15) is 6.73 Å². The number of rotatable bonds is 10. The van der Waals surface area contributed by atoms with Crippen LogP contribution in [0.1, 0.15) is 38.1 Å². The Morgan fingerprint density at radius 3 is 2.41 bits per heavy atom. The lowest BCUT2D eigenvalue weighted by Gasteiger charge is -2.33. The summed E-state index contributed by atoms with van der Waals surface area (Å²) < 4.78 is 7.44. The molecule has 1 aromatic carbocycles. The molecule has 0 aliphatic heterocycles. The number of carbonyl (C=O) groups is 1. The van der Waals surface area contributed by atoms with Crippen LogP contribution in [0.2, 0.25) is 25.7 Å². The molecule has 0 spiro atoms. The second-order valence-corrected chi connectivity index (χ2v) is 15.5. The molecule has 7 nitrogen and oxygen atoms in total. The molecule has 0 aliphatic carbocycles. The molecule has 0 amide bonds. The average molecular weight is 419 g/mol. The van der Waals surface area contributed by atoms with E-state index in [1.54, 1.807) is 4.68 Å². The van der Waals surface area contributed by atoms with Gasteiger partial charge in [0.2, 0.25) is 0 Å². The molecular weight excluding hydrogens is 384 g/mol. The number of ether oxygens (including phenoxy) is 1. The first kappa shape index (κ1) is 23.2. The molecule has 0 unspecified atom stereocenters. The molecule has 29 heavy (non-hydrogen) atoms. The molecule has 2 rings (SSSR count). The van der Waals surface area contributed by atoms with Crippen molar-refractivity contribution in [1.82, 2.24) is 20.2 Å². The summed E-state index contributed by atoms with van der Waals surface area (Å²) in [5.41, 5.74) is 0.600. The maximum Gasteiger partial charge on any atom is 0.307 e. The fourth-order valence-corrected chi connectivity index (χ4v) is 4.23. The Balaban J connectivity index is 2.29. The minimum Gasteiger partial charge on any atom is -0.481 e. The molecule has 2 atom stereocenters. The van der Waals surface area contributed by atoms with E-state index >= 15 is 0 Å². The zero-order chi connectivity index (χ0) is 21.7. The quantitative estimate of drug-likeness (QED) is 0.462. The van der Waals surface area contributed by atoms with Gasteiger partial charge in [-0.15, -0.1) is 5.10 Å². The monoisotopic (exact) mass is 418 g/mol. The molecule has 1 aromatic heterocycles. The van der Waals surface area contributed by atoms with Gasteiger partial charge in [0.05, 0.1) is 5.92 Å². The number of tetrazole rings is 1. The van der Waals surface area contributed by atoms with Crippen molar-refractivity contribution in [2.45, 2.75) is 65.5 Å². The summed E-state index contributed by atoms with van der Waals surface area (Å²) in [6.45, 7) is 13.6. The van der Waals surface area contributed by atoms with Crippen molar-refractivity contribution in [2.75, 3.05) is 6.61 Å². The topological polar surface area (TPSA) is 90.1 Å². The predicted molar refractivity (Wildman–Crippen MR) is 115 cm³/mol. The van der Waals surface area contributed by atoms with Gasteiger partial charge in [0.25, 0.3) is 0 Å². The van der Waals surface area contributed by atoms with Crippen molar-refractivity contribution in [2.24, 2.45) is 11.3 Å². The maximum atomic E-state index is 12.3. The first-order valence-electron chi connectivity index (χ1n) is 10.1. The average Bonchev–Trinajstić information content (AvgIpc) is 3.05. The first-order valence-corrected chi connectivity index (χ1v) is 13.8. The van der Waals surface area contributed by atoms with E-state index in [9.17, 15) is 9.90 Å². The van der Waals surface area contributed by atoms with Crippen LogP contribution in [-0.4, -0.2) is 46.0 Å². The lowest BCUT2D eigenvalue weighted by atomic mass is 9.71. The van der Waals surface area contributed by atoms with Crippen LogP contribution < -0.4 is 0 Å². The van der Waals surface area contributed by atoms with E-state index in [1.807, 2.05) is 51.1 Å². The van der Waals surface area contributed by atoms with Crippen molar-refractivity contribution < 1.29 is 14.6 Å². The lowest BCUT2D eigenvalue weighted by Crippen LogP contribution is -2.36. The number of aliphatic carboxylic acids is 1. The van der Waals surface area contributed by atoms with Crippen LogP contribution in [0.5, 0.6) is 0 Å². The van der Waals surface area contributed by atoms with E-state index in [0.29, 0.717) is 18.9 Å². The summed E-state index contributed by atoms with van der Waals surface area (Å²) in [6, 6.07) is 10.9. The standard InChI is InChI=1S/C21H34N4O3Si/c1-21(2,3)18(20(26)27)17(14-16-10-8-7-9-11-16)19-22-23-24-25(19)15-28-12-13-29(4,5)6/h7-11,17-18H,12-15H2,1-6H3,(H,26,27)/t17-,18+/m1/s1. The highest BCUT2D eigenvalue weighted by atomic mass is 28.3. The highest BCUT2D eigenvalue weighted by Gasteiger charge is 2.41. The van der Waals surface area contributed by atoms with E-state index in [4.69, 9.17) is 4.74 Å². The van der Waals surface area contributed by atoms with Crippen LogP contribution >= 0.6 is 0 Å². The Hall–Kier alpha value is -2.06. The van der Waals surface area contributed by atoms with Crippen LogP contribution in [0, 0.1) is 11.3 Å². The second-order valence-electron chi connectivity index (χ2n) is 9.86. The van der Waals surface area contributed by atoms with Crippen LogP contribution in [0.4, 0.5) is 0 Å². The number of benzene rings is 1. The molecule has 0 fully saturated rings. The predicted octanol–water partition coefficient (Wildman–Crippen LogP) is 4.06. The Labute approximate surface area is 174 Å². The maximum absolute atomic E-state index is 12.3. The second kappa shape index (κ2) is 9.62. The summed E-state index contributed by atoms with van der Waals surface area (Å²) >= 11 is 0. The molecule has 1 N–H and O–H groups in total. The van der Waals surface area contributed by atoms with Crippen LogP contribution in [0.3, 0.4) is 0 Å². The van der Waals surface area contributed by atoms with E-state index in [0.717, 1.165) is 11.6 Å². The van der Waals surface area contributed by atoms with Crippen molar-refractivity contribution in [3.8, 4) is 0 Å². The third-order valence-corrected chi connectivity index (χ3v) is 6.71. The van der Waals surface area contributed by atoms with E-state index < -0.39 is 25.4 Å². The van der Waals surface area contributed by atoms with Crippen molar-refractivity contribution in [3.63, 3.8) is 0 Å². The highest BCUT2D eigenvalue weighted by Crippen LogP contribution is 2.39. The SMILES string of the molecule is CC(C)(C)[C@H](C(=O)O)[C@@H](Cc1ccccc1)c1nnnn1COCC[Si](C)(C)C. The zero-order valence-corrected chi connectivity index (χ0v) is 19.4. The third kappa shape index (κ3) is 7.04. The molecule has 0 bridgehead atoms. The minimum absolute atomic E-state index is 0.231. The molecule has 0 saturated carbocycles. The van der Waals surface area contributed by atoms with Crippen molar-refractivity contribution in [3.05, 3.63) is 41.7 Å². The van der Waals surface area contributed by atoms with Gasteiger partial charge in [-0.05, 0) is 33.9 Å². The number of carboxylic acids is 1. The molecule has 8 heteroatoms. The smallest absolute Gasteiger partial charge is 0.307 e. The van der Waals surface area contributed by atoms with Crippen molar-refractivity contribution >= 4 is 14.0 Å². The Morgan fingerprint density at radius 2 is 1.86 bits per heavy atom. The Bertz CT molecular complexity index is 781. The zero-order valence-electron chi connectivity index (χ0n) is 18.4. The Kier molecular flexibility index (Phi) is 7.71. The number of hydrogen-bond donors (Lipinski definition) is 1. The largest absolute Gasteiger partial charge is 0.481 e. The van der Waals surface area contributed by atoms with E-state index in [1.165, 1.54) is 0 Å². The van der Waals surface area contributed by atoms with Gasteiger partial charge in [0.15, 0.2) is 5.82 Å². The summed E-state index contributed by atoms with van der Waals surface area (Å²) in [4.78, 5) is 12.3. The third-order valence-electron chi connectivity index (χ3n) is 5.00. The summed E-state index contributed by atoms with van der Waals surface area (Å²) in [7, 11) is -1.19. The van der Waals surface area contributed by atoms with Gasteiger partial charge < -0.3 is 9.84 Å². The molecule has 0 radical (unpaired) electrons. The van der Waals surface area contributed by atoms with Gasteiger partial charge in [-0.1, -0.05) is 70.7 Å². The summed E-state index contributed by atoms with van der Waals surface area (Å²) in [6.07, 6.45) is 0.546. The highest BCUT2D eigenvalue weighted by molar-refractivity contribution is 6.76. The van der Waals surface area contributed by atoms with Gasteiger partial charge in [-0.3, -0.25) is 4.79 Å². The first-order chi connectivity index (χ1) is 13.5. The molecule has 0 saturated heterocycles. The number of carboxylic acid groups (broad SMARTS) is 1. The molecule has 2 aromatic rings. The van der Waals surface area contributed by atoms with Gasteiger partial charge in [0, 0.05) is 20.6 Å². The summed E-state index contributed by atoms with van der Waals surface area (Å²) in [5.74, 6) is -1.29. The van der Waals surface area contributed by atoms with Crippen LogP contribution in [0.25, 0.3) is 0 Å². The normalized spacial score (nSPS) is 14.6. The van der Waals surface area contributed by atoms with Gasteiger partial charge in [-0.2, -0.15) is 0 Å².